The quantitative estimate of drug-likeness (QED) is 0.602. The molecule has 4 nitrogen and oxygen atoms in total. The second kappa shape index (κ2) is 7.37. The van der Waals surface area contributed by atoms with Gasteiger partial charge in [-0.2, -0.15) is 0 Å². The van der Waals surface area contributed by atoms with Crippen LogP contribution in [0.2, 0.25) is 0 Å². The van der Waals surface area contributed by atoms with Crippen LogP contribution in [0.4, 0.5) is 5.00 Å². The maximum absolute atomic E-state index is 12.7. The van der Waals surface area contributed by atoms with Gasteiger partial charge in [-0.05, 0) is 92.4 Å². The zero-order valence-electron chi connectivity index (χ0n) is 16.0. The number of nitrogen functional groups attached to an aromatic ring is 1. The fraction of sp³-hybridized carbons (Fsp3) is 0.435. The van der Waals surface area contributed by atoms with E-state index in [1.54, 1.807) is 29.7 Å². The summed E-state index contributed by atoms with van der Waals surface area (Å²) < 4.78 is 6.48. The van der Waals surface area contributed by atoms with Gasteiger partial charge in [-0.25, -0.2) is 0 Å². The van der Waals surface area contributed by atoms with Crippen LogP contribution in [-0.4, -0.2) is 29.8 Å². The van der Waals surface area contributed by atoms with Gasteiger partial charge in [0.1, 0.15) is 0 Å². The minimum absolute atomic E-state index is 0.0689. The van der Waals surface area contributed by atoms with Crippen LogP contribution in [0.5, 0.6) is 0 Å². The van der Waals surface area contributed by atoms with Crippen LogP contribution >= 0.6 is 11.3 Å². The first kappa shape index (κ1) is 18.0. The summed E-state index contributed by atoms with van der Waals surface area (Å²) in [6.45, 7) is 2.41. The minimum atomic E-state index is -0.0689. The lowest BCUT2D eigenvalue weighted by molar-refractivity contribution is 0.101. The molecule has 4 heterocycles. The van der Waals surface area contributed by atoms with Gasteiger partial charge in [-0.1, -0.05) is 6.42 Å². The highest BCUT2D eigenvalue weighted by Gasteiger charge is 2.30. The van der Waals surface area contributed by atoms with Crippen molar-refractivity contribution >= 4 is 32.2 Å². The highest BCUT2D eigenvalue weighted by Crippen LogP contribution is 2.44. The van der Waals surface area contributed by atoms with E-state index < -0.39 is 0 Å². The first-order valence-electron chi connectivity index (χ1n) is 10.3. The molecule has 3 aromatic rings. The number of benzene rings is 1. The van der Waals surface area contributed by atoms with E-state index >= 15 is 0 Å². The Bertz CT molecular complexity index is 976. The monoisotopic (exact) mass is 394 g/mol. The van der Waals surface area contributed by atoms with Crippen LogP contribution < -0.4 is 5.73 Å². The van der Waals surface area contributed by atoms with Gasteiger partial charge in [-0.15, -0.1) is 11.3 Å². The number of piperidine rings is 1. The summed E-state index contributed by atoms with van der Waals surface area (Å²) in [7, 11) is 0. The summed E-state index contributed by atoms with van der Waals surface area (Å²) in [5, 5.41) is 2.08. The molecule has 0 bridgehead atoms. The Morgan fingerprint density at radius 3 is 2.89 bits per heavy atom. The lowest BCUT2D eigenvalue weighted by Gasteiger charge is -2.33. The Morgan fingerprint density at radius 1 is 1.11 bits per heavy atom. The number of nitrogens with zero attached hydrogens (tertiary/aromatic N) is 1. The fourth-order valence-electron chi connectivity index (χ4n) is 5.08. The number of hydrogen-bond donors (Lipinski definition) is 1. The average molecular weight is 395 g/mol. The third-order valence-electron chi connectivity index (χ3n) is 6.53. The summed E-state index contributed by atoms with van der Waals surface area (Å²) in [6.07, 6.45) is 9.19. The van der Waals surface area contributed by atoms with Crippen LogP contribution in [-0.2, 0) is 0 Å². The first-order valence-corrected chi connectivity index (χ1v) is 11.2. The average Bonchev–Trinajstić information content (AvgIpc) is 3.30. The van der Waals surface area contributed by atoms with Gasteiger partial charge in [0.25, 0.3) is 0 Å². The molecule has 2 unspecified atom stereocenters. The van der Waals surface area contributed by atoms with Crippen LogP contribution in [0.25, 0.3) is 10.1 Å². The molecule has 2 aliphatic rings. The van der Waals surface area contributed by atoms with Crippen molar-refractivity contribution in [2.24, 2.45) is 0 Å². The Balaban J connectivity index is 1.49. The van der Waals surface area contributed by atoms with Gasteiger partial charge in [0.2, 0.25) is 5.78 Å². The van der Waals surface area contributed by atoms with Crippen molar-refractivity contribution in [2.45, 2.75) is 50.5 Å². The predicted molar refractivity (Wildman–Crippen MR) is 114 cm³/mol. The molecule has 146 valence electrons. The van der Waals surface area contributed by atoms with E-state index in [0.717, 1.165) is 29.4 Å². The summed E-state index contributed by atoms with van der Waals surface area (Å²) in [6, 6.07) is 10.2. The fourth-order valence-corrected chi connectivity index (χ4v) is 6.12. The molecule has 5 heteroatoms. The number of hydrogen-bond acceptors (Lipinski definition) is 5. The molecule has 28 heavy (non-hydrogen) atoms. The van der Waals surface area contributed by atoms with E-state index in [4.69, 9.17) is 10.2 Å². The van der Waals surface area contributed by atoms with Crippen molar-refractivity contribution in [2.75, 3.05) is 18.8 Å². The van der Waals surface area contributed by atoms with Crippen LogP contribution in [0.15, 0.2) is 41.0 Å². The van der Waals surface area contributed by atoms with Crippen molar-refractivity contribution in [3.8, 4) is 0 Å². The maximum atomic E-state index is 12.7. The molecule has 2 N–H and O–H groups in total. The van der Waals surface area contributed by atoms with E-state index in [2.05, 4.69) is 4.90 Å². The van der Waals surface area contributed by atoms with E-state index in [9.17, 15) is 4.79 Å². The lowest BCUT2D eigenvalue weighted by Crippen LogP contribution is -2.38. The number of carbonyl (C=O) groups is 1. The van der Waals surface area contributed by atoms with Crippen molar-refractivity contribution in [3.63, 3.8) is 0 Å². The van der Waals surface area contributed by atoms with Crippen molar-refractivity contribution in [1.29, 1.82) is 0 Å². The number of anilines is 1. The standard InChI is InChI=1S/C23H26N2O2S/c24-23-21(15-6-8-17-4-1-2-11-25(17)12-10-15)18-14-16(7-9-20(18)28-23)22(26)19-5-3-13-27-19/h3,5,7,9,13-15,17H,1-2,4,6,8,10-12,24H2. The molecule has 2 fully saturated rings. The number of thiophene rings is 1. The van der Waals surface area contributed by atoms with Crippen molar-refractivity contribution < 1.29 is 9.21 Å². The SMILES string of the molecule is Nc1sc2ccc(C(=O)c3ccco3)cc2c1C1CCC2CCCCN2CC1. The normalized spacial score (nSPS) is 23.4. The molecule has 1 aromatic carbocycles. The lowest BCUT2D eigenvalue weighted by atomic mass is 9.89. The number of furan rings is 1. The second-order valence-electron chi connectivity index (χ2n) is 8.15. The molecule has 0 saturated carbocycles. The maximum Gasteiger partial charge on any atom is 0.228 e. The smallest absolute Gasteiger partial charge is 0.228 e. The third-order valence-corrected chi connectivity index (χ3v) is 7.55. The topological polar surface area (TPSA) is 59.5 Å². The second-order valence-corrected chi connectivity index (χ2v) is 9.23. The predicted octanol–water partition coefficient (Wildman–Crippen LogP) is 5.43. The van der Waals surface area contributed by atoms with Gasteiger partial charge in [0.15, 0.2) is 5.76 Å². The van der Waals surface area contributed by atoms with Gasteiger partial charge in [-0.3, -0.25) is 4.79 Å². The highest BCUT2D eigenvalue weighted by atomic mass is 32.1. The molecule has 0 amide bonds. The Kier molecular flexibility index (Phi) is 4.73. The summed E-state index contributed by atoms with van der Waals surface area (Å²) in [5.74, 6) is 0.796. The molecule has 5 rings (SSSR count). The minimum Gasteiger partial charge on any atom is -0.461 e. The van der Waals surface area contributed by atoms with Gasteiger partial charge >= 0.3 is 0 Å². The summed E-state index contributed by atoms with van der Waals surface area (Å²) >= 11 is 1.65. The molecule has 0 aliphatic carbocycles. The summed E-state index contributed by atoms with van der Waals surface area (Å²) in [5.41, 5.74) is 8.45. The molecule has 2 aliphatic heterocycles. The van der Waals surface area contributed by atoms with E-state index in [1.165, 1.54) is 48.9 Å². The van der Waals surface area contributed by atoms with E-state index in [-0.39, 0.29) is 5.78 Å². The van der Waals surface area contributed by atoms with Gasteiger partial charge in [0.05, 0.1) is 11.3 Å². The van der Waals surface area contributed by atoms with Crippen LogP contribution in [0, 0.1) is 0 Å². The summed E-state index contributed by atoms with van der Waals surface area (Å²) in [4.78, 5) is 15.4. The Hall–Kier alpha value is -2.11. The molecule has 0 radical (unpaired) electrons. The number of ketones is 1. The molecule has 2 aromatic heterocycles. The zero-order valence-corrected chi connectivity index (χ0v) is 16.8. The number of fused-ring (bicyclic) bond motifs is 2. The molecule has 2 saturated heterocycles. The van der Waals surface area contributed by atoms with Crippen molar-refractivity contribution in [3.05, 3.63) is 53.5 Å². The molecule has 2 atom stereocenters. The van der Waals surface area contributed by atoms with Gasteiger partial charge in [0, 0.05) is 16.3 Å². The third kappa shape index (κ3) is 3.16. The number of rotatable bonds is 3. The Morgan fingerprint density at radius 2 is 2.04 bits per heavy atom. The number of nitrogens with two attached hydrogens (primary N) is 1. The zero-order chi connectivity index (χ0) is 19.1. The molecular weight excluding hydrogens is 368 g/mol. The Labute approximate surface area is 169 Å². The van der Waals surface area contributed by atoms with Gasteiger partial charge < -0.3 is 15.1 Å². The van der Waals surface area contributed by atoms with Crippen LogP contribution in [0.1, 0.15) is 66.1 Å². The first-order chi connectivity index (χ1) is 13.7. The van der Waals surface area contributed by atoms with Crippen LogP contribution in [0.3, 0.4) is 0 Å². The van der Waals surface area contributed by atoms with Crippen molar-refractivity contribution in [1.82, 2.24) is 4.90 Å². The van der Waals surface area contributed by atoms with E-state index in [0.29, 0.717) is 17.2 Å². The largest absolute Gasteiger partial charge is 0.461 e. The highest BCUT2D eigenvalue weighted by molar-refractivity contribution is 7.22. The molecular formula is C23H26N2O2S. The molecule has 0 spiro atoms. The van der Waals surface area contributed by atoms with E-state index in [1.807, 2.05) is 18.2 Å². The number of carbonyl (C=O) groups excluding carboxylic acids is 1.